The second kappa shape index (κ2) is 18.6. The second-order valence-electron chi connectivity index (χ2n) is 21.8. The molecule has 5 heteroatoms. The molecule has 1 N–H and O–H groups in total. The van der Waals surface area contributed by atoms with Gasteiger partial charge in [-0.1, -0.05) is 133 Å². The number of hydrogen-bond donors (Lipinski definition) is 1. The third-order valence-corrected chi connectivity index (χ3v) is 24.2. The Labute approximate surface area is 408 Å². The van der Waals surface area contributed by atoms with Gasteiger partial charge in [0.05, 0.1) is 34.8 Å². The number of benzene rings is 5. The predicted octanol–water partition coefficient (Wildman–Crippen LogP) is 16.9. The van der Waals surface area contributed by atoms with Crippen LogP contribution in [-0.2, 0) is 0 Å². The first kappa shape index (κ1) is 45.2. The van der Waals surface area contributed by atoms with Crippen LogP contribution in [0, 0.1) is 41.5 Å². The highest BCUT2D eigenvalue weighted by atomic mass is 35.5. The predicted molar refractivity (Wildman–Crippen MR) is 291 cm³/mol. The minimum atomic E-state index is -1.82. The molecule has 1 atom stereocenters. The number of aromatic amines is 1. The van der Waals surface area contributed by atoms with E-state index < -0.39 is 7.26 Å². The van der Waals surface area contributed by atoms with E-state index in [1.807, 2.05) is 0 Å². The fourth-order valence-electron chi connectivity index (χ4n) is 15.2. The number of allylic oxidation sites excluding steroid dienone is 1. The Balaban J connectivity index is 1.22. The highest BCUT2D eigenvalue weighted by molar-refractivity contribution is 7.84. The van der Waals surface area contributed by atoms with Gasteiger partial charge in [-0.25, -0.2) is 0 Å². The second-order valence-corrected chi connectivity index (χ2v) is 26.4. The Kier molecular flexibility index (Phi) is 12.5. The number of hydrogen-bond acceptors (Lipinski definition) is 2. The van der Waals surface area contributed by atoms with E-state index in [0.29, 0.717) is 0 Å². The average Bonchev–Trinajstić information content (AvgIpc) is 4.05. The molecule has 1 aliphatic heterocycles. The topological polar surface area (TPSA) is 22.3 Å². The minimum Gasteiger partial charge on any atom is -0.345 e. The largest absolute Gasteiger partial charge is 0.345 e. The molecule has 11 rings (SSSR count). The molecule has 67 heavy (non-hydrogen) atoms. The summed E-state index contributed by atoms with van der Waals surface area (Å²) in [6.45, 7) is 15.6. The van der Waals surface area contributed by atoms with Crippen molar-refractivity contribution in [3.8, 4) is 0 Å². The van der Waals surface area contributed by atoms with Crippen LogP contribution in [0.25, 0.3) is 16.5 Å². The van der Waals surface area contributed by atoms with Crippen molar-refractivity contribution in [2.75, 3.05) is 22.9 Å². The number of aryl methyl sites for hydroxylation is 6. The molecule has 1 aromatic heterocycles. The quantitative estimate of drug-likeness (QED) is 0.146. The van der Waals surface area contributed by atoms with E-state index in [0.717, 1.165) is 35.1 Å². The molecule has 348 valence electrons. The average molecular weight is 928 g/mol. The fraction of sp³-hybridized carbons (Fsp3) is 0.452. The first-order chi connectivity index (χ1) is 32.6. The molecule has 6 aromatic rings. The Morgan fingerprint density at radius 2 is 1.01 bits per heavy atom. The third-order valence-electron chi connectivity index (χ3n) is 17.5. The SMILES string of the molecule is Cc1cc(C)c(N2CCN(c3c(C)cc(C)cc3C)C2c2ccc3[nH]c([P+](C4CCCCC4)(C4CCCCC4)C4CCCCC4)c(C4C=C(c5ccccc5)c5ccccc54)c3c2Cl)c(C)c1. The molecule has 0 bridgehead atoms. The van der Waals surface area contributed by atoms with Gasteiger partial charge in [-0.3, -0.25) is 0 Å². The lowest BCUT2D eigenvalue weighted by Crippen LogP contribution is -2.43. The van der Waals surface area contributed by atoms with Gasteiger partial charge < -0.3 is 14.8 Å². The van der Waals surface area contributed by atoms with Crippen LogP contribution in [0.3, 0.4) is 0 Å². The molecule has 3 nitrogen and oxygen atoms in total. The zero-order valence-electron chi connectivity index (χ0n) is 41.4. The molecule has 4 fully saturated rings. The Morgan fingerprint density at radius 3 is 1.52 bits per heavy atom. The van der Waals surface area contributed by atoms with E-state index >= 15 is 0 Å². The summed E-state index contributed by atoms with van der Waals surface area (Å²) in [5, 5.41) is 2.25. The van der Waals surface area contributed by atoms with Gasteiger partial charge in [0.15, 0.2) is 5.44 Å². The molecular formula is C62H74ClN3P+. The maximum absolute atomic E-state index is 8.54. The van der Waals surface area contributed by atoms with Gasteiger partial charge in [0.1, 0.15) is 6.17 Å². The molecule has 0 amide bonds. The van der Waals surface area contributed by atoms with Gasteiger partial charge >= 0.3 is 0 Å². The summed E-state index contributed by atoms with van der Waals surface area (Å²) in [6.07, 6.45) is 23.5. The van der Waals surface area contributed by atoms with Crippen LogP contribution >= 0.6 is 18.9 Å². The molecule has 2 heterocycles. The molecule has 4 aliphatic carbocycles. The van der Waals surface area contributed by atoms with Crippen molar-refractivity contribution in [2.24, 2.45) is 0 Å². The molecule has 0 spiro atoms. The van der Waals surface area contributed by atoms with E-state index in [1.165, 1.54) is 185 Å². The summed E-state index contributed by atoms with van der Waals surface area (Å²) >= 11 is 8.54. The summed E-state index contributed by atoms with van der Waals surface area (Å²) in [4.78, 5) is 9.99. The number of fused-ring (bicyclic) bond motifs is 2. The maximum atomic E-state index is 8.54. The highest BCUT2D eigenvalue weighted by Gasteiger charge is 2.61. The third kappa shape index (κ3) is 7.73. The van der Waals surface area contributed by atoms with Crippen molar-refractivity contribution in [3.63, 3.8) is 0 Å². The summed E-state index contributed by atoms with van der Waals surface area (Å²) in [5.74, 6) is 0.108. The Morgan fingerprint density at radius 1 is 0.537 bits per heavy atom. The Bertz CT molecular complexity index is 2660. The number of anilines is 2. The monoisotopic (exact) mass is 927 g/mol. The van der Waals surface area contributed by atoms with E-state index in [4.69, 9.17) is 11.6 Å². The van der Waals surface area contributed by atoms with Crippen LogP contribution in [0.4, 0.5) is 11.4 Å². The van der Waals surface area contributed by atoms with Crippen LogP contribution in [0.15, 0.2) is 97.1 Å². The summed E-state index contributed by atoms with van der Waals surface area (Å²) < 4.78 is 0. The smallest absolute Gasteiger partial charge is 0.166 e. The molecule has 5 aromatic carbocycles. The number of halogens is 1. The minimum absolute atomic E-state index is 0.0656. The van der Waals surface area contributed by atoms with Gasteiger partial charge in [0.2, 0.25) is 0 Å². The van der Waals surface area contributed by atoms with Crippen molar-refractivity contribution in [3.05, 3.63) is 163 Å². The molecule has 0 radical (unpaired) electrons. The molecule has 3 saturated carbocycles. The van der Waals surface area contributed by atoms with Gasteiger partial charge in [0.25, 0.3) is 0 Å². The van der Waals surface area contributed by atoms with Crippen molar-refractivity contribution in [1.29, 1.82) is 0 Å². The first-order valence-corrected chi connectivity index (χ1v) is 28.8. The van der Waals surface area contributed by atoms with Gasteiger partial charge in [-0.15, -0.1) is 0 Å². The van der Waals surface area contributed by atoms with Gasteiger partial charge in [-0.05, 0) is 169 Å². The first-order valence-electron chi connectivity index (χ1n) is 26.4. The summed E-state index contributed by atoms with van der Waals surface area (Å²) in [7, 11) is -1.82. The normalized spacial score (nSPS) is 20.3. The standard InChI is InChI=1S/C62H74ClN3P/c1-40-35-42(3)59(43(4)36-40)65-33-34-66(60-44(5)37-41(2)38-45(60)6)62(65)52-31-32-55-57(58(52)63)56(54-39-53(46-21-11-7-12-22-46)50-29-19-20-30-51(50)54)61(64-55)67(47-23-13-8-14-24-47,48-25-15-9-16-26-48)49-27-17-10-18-28-49/h7,11-12,19-22,29-32,35-39,47-49,54,62,64H,8-10,13-18,23-28,33-34H2,1-6H3/q+1. The van der Waals surface area contributed by atoms with Crippen LogP contribution in [0.5, 0.6) is 0 Å². The van der Waals surface area contributed by atoms with E-state index in [1.54, 1.807) is 5.44 Å². The zero-order chi connectivity index (χ0) is 46.0. The lowest BCUT2D eigenvalue weighted by atomic mass is 9.91. The summed E-state index contributed by atoms with van der Waals surface area (Å²) in [5.41, 5.74) is 24.3. The van der Waals surface area contributed by atoms with Crippen LogP contribution in [-0.4, -0.2) is 35.1 Å². The maximum Gasteiger partial charge on any atom is 0.166 e. The van der Waals surface area contributed by atoms with E-state index in [-0.39, 0.29) is 12.1 Å². The van der Waals surface area contributed by atoms with E-state index in [2.05, 4.69) is 153 Å². The lowest BCUT2D eigenvalue weighted by molar-refractivity contribution is 0.454. The van der Waals surface area contributed by atoms with Crippen molar-refractivity contribution >= 4 is 52.1 Å². The van der Waals surface area contributed by atoms with Crippen LogP contribution in [0.2, 0.25) is 5.02 Å². The number of aromatic nitrogens is 1. The van der Waals surface area contributed by atoms with Crippen LogP contribution < -0.4 is 15.2 Å². The highest BCUT2D eigenvalue weighted by Crippen LogP contribution is 2.77. The van der Waals surface area contributed by atoms with E-state index in [9.17, 15) is 0 Å². The molecule has 1 unspecified atom stereocenters. The van der Waals surface area contributed by atoms with Crippen molar-refractivity contribution in [1.82, 2.24) is 4.98 Å². The number of rotatable bonds is 9. The summed E-state index contributed by atoms with van der Waals surface area (Å²) in [6, 6.07) is 35.1. The van der Waals surface area contributed by atoms with Crippen molar-refractivity contribution in [2.45, 2.75) is 167 Å². The molecule has 5 aliphatic rings. The number of nitrogens with zero attached hydrogens (tertiary/aromatic N) is 2. The number of H-pyrrole nitrogens is 1. The van der Waals surface area contributed by atoms with Crippen molar-refractivity contribution < 1.29 is 0 Å². The lowest BCUT2D eigenvalue weighted by Gasteiger charge is -2.48. The Hall–Kier alpha value is -4.30. The molecular weight excluding hydrogens is 853 g/mol. The number of nitrogens with one attached hydrogen (secondary N) is 1. The van der Waals surface area contributed by atoms with Crippen LogP contribution in [0.1, 0.15) is 170 Å². The molecule has 1 saturated heterocycles. The fourth-order valence-corrected chi connectivity index (χ4v) is 23.1. The van der Waals surface area contributed by atoms with Gasteiger partial charge in [-0.2, -0.15) is 0 Å². The van der Waals surface area contributed by atoms with Gasteiger partial charge in [0, 0.05) is 46.9 Å². The zero-order valence-corrected chi connectivity index (χ0v) is 43.0.